The van der Waals surface area contributed by atoms with Crippen LogP contribution in [0.3, 0.4) is 0 Å². The first kappa shape index (κ1) is 27.6. The molecule has 3 fully saturated rings. The highest BCUT2D eigenvalue weighted by Gasteiger charge is 2.86. The van der Waals surface area contributed by atoms with E-state index in [1.165, 1.54) is 0 Å². The lowest BCUT2D eigenvalue weighted by Crippen LogP contribution is -2.36. The van der Waals surface area contributed by atoms with Crippen molar-refractivity contribution in [3.8, 4) is 0 Å². The van der Waals surface area contributed by atoms with Crippen molar-refractivity contribution in [1.29, 1.82) is 4.78 Å². The SMILES string of the molecule is CS(=N)(=O)c1cc(NC(=O)c2c(C(F)(F)F)c(C3CC3)nn2CC23CC(F)(F)CC2(C(F)(F)F)C3)cc[n+]1O. The average Bonchev–Trinajstić information content (AvgIpc) is 3.63. The Balaban J connectivity index is 1.60. The molecular formula is C22H22F8N5O3S+. The Labute approximate surface area is 215 Å². The van der Waals surface area contributed by atoms with Crippen LogP contribution in [0, 0.1) is 15.6 Å². The van der Waals surface area contributed by atoms with Crippen molar-refractivity contribution in [3.05, 3.63) is 35.3 Å². The zero-order valence-corrected chi connectivity index (χ0v) is 20.9. The number of pyridine rings is 1. The first-order valence-electron chi connectivity index (χ1n) is 11.6. The number of alkyl halides is 8. The molecule has 214 valence electrons. The summed E-state index contributed by atoms with van der Waals surface area (Å²) < 4.78 is 133. The second-order valence-corrected chi connectivity index (χ2v) is 12.8. The van der Waals surface area contributed by atoms with Gasteiger partial charge in [-0.15, -0.1) is 0 Å². The maximum absolute atomic E-state index is 14.3. The highest BCUT2D eigenvalue weighted by Crippen LogP contribution is 2.82. The number of nitrogens with zero attached hydrogens (tertiary/aromatic N) is 3. The van der Waals surface area contributed by atoms with Gasteiger partial charge in [0.15, 0.2) is 0 Å². The second-order valence-electron chi connectivity index (χ2n) is 10.7. The van der Waals surface area contributed by atoms with Gasteiger partial charge in [0.2, 0.25) is 12.1 Å². The maximum Gasteiger partial charge on any atom is 0.420 e. The van der Waals surface area contributed by atoms with E-state index in [0.717, 1.165) is 24.6 Å². The molecular weight excluding hydrogens is 566 g/mol. The number of hydrogen-bond acceptors (Lipinski definition) is 5. The van der Waals surface area contributed by atoms with Crippen LogP contribution in [0.5, 0.6) is 0 Å². The Bertz CT molecular complexity index is 1480. The molecule has 3 saturated carbocycles. The van der Waals surface area contributed by atoms with Crippen molar-refractivity contribution in [2.75, 3.05) is 11.6 Å². The molecule has 3 N–H and O–H groups in total. The third-order valence-corrected chi connectivity index (χ3v) is 8.79. The van der Waals surface area contributed by atoms with E-state index in [2.05, 4.69) is 10.4 Å². The smallest absolute Gasteiger partial charge is 0.320 e. The number of fused-ring (bicyclic) bond motifs is 1. The summed E-state index contributed by atoms with van der Waals surface area (Å²) in [5.41, 5.74) is -8.37. The number of carbonyl (C=O) groups is 1. The van der Waals surface area contributed by atoms with E-state index in [1.807, 2.05) is 0 Å². The topological polar surface area (TPSA) is 112 Å². The van der Waals surface area contributed by atoms with Crippen molar-refractivity contribution in [1.82, 2.24) is 9.78 Å². The molecule has 2 aromatic heterocycles. The van der Waals surface area contributed by atoms with E-state index in [0.29, 0.717) is 22.3 Å². The van der Waals surface area contributed by atoms with Gasteiger partial charge in [0, 0.05) is 53.8 Å². The summed E-state index contributed by atoms with van der Waals surface area (Å²) in [4.78, 5) is 13.3. The summed E-state index contributed by atoms with van der Waals surface area (Å²) >= 11 is 0. The standard InChI is InChI=1S/C22H21F8N5O3S/c1-39(31,38)13-6-12(4-5-35(13)37)32-17(36)16-14(21(25,26)27)15(11-2-3-11)33-34(16)10-18-7-19(18,22(28,29)30)9-20(23,24)8-18/h4-6,11,31,37H,2-3,7-10H2,1H3/p+1. The third-order valence-electron chi connectivity index (χ3n) is 7.68. The molecule has 2 aromatic rings. The van der Waals surface area contributed by atoms with Gasteiger partial charge in [-0.3, -0.25) is 14.7 Å². The lowest BCUT2D eigenvalue weighted by atomic mass is 9.95. The van der Waals surface area contributed by atoms with Crippen molar-refractivity contribution in [3.63, 3.8) is 0 Å². The van der Waals surface area contributed by atoms with Crippen LogP contribution in [0.15, 0.2) is 23.4 Å². The summed E-state index contributed by atoms with van der Waals surface area (Å²) in [6, 6.07) is 1.91. The normalized spacial score (nSPS) is 27.6. The van der Waals surface area contributed by atoms with Crippen LogP contribution in [-0.4, -0.2) is 43.5 Å². The van der Waals surface area contributed by atoms with Crippen molar-refractivity contribution in [2.24, 2.45) is 10.8 Å². The first-order chi connectivity index (χ1) is 17.7. The van der Waals surface area contributed by atoms with Gasteiger partial charge in [0.25, 0.3) is 5.91 Å². The van der Waals surface area contributed by atoms with Crippen LogP contribution < -0.4 is 10.0 Å². The van der Waals surface area contributed by atoms with Gasteiger partial charge in [-0.1, -0.05) is 0 Å². The molecule has 1 amide bonds. The molecule has 3 aliphatic carbocycles. The molecule has 0 spiro atoms. The highest BCUT2D eigenvalue weighted by atomic mass is 32.2. The fraction of sp³-hybridized carbons (Fsp3) is 0.591. The number of amides is 1. The van der Waals surface area contributed by atoms with Gasteiger partial charge in [-0.2, -0.15) is 31.4 Å². The fourth-order valence-corrected chi connectivity index (χ4v) is 6.61. The molecule has 0 saturated heterocycles. The second kappa shape index (κ2) is 8.04. The Morgan fingerprint density at radius 2 is 1.87 bits per heavy atom. The summed E-state index contributed by atoms with van der Waals surface area (Å²) in [5.74, 6) is -5.84. The molecule has 3 unspecified atom stereocenters. The molecule has 5 rings (SSSR count). The molecule has 3 atom stereocenters. The minimum absolute atomic E-state index is 0.280. The maximum atomic E-state index is 14.3. The quantitative estimate of drug-likeness (QED) is 0.252. The van der Waals surface area contributed by atoms with Crippen LogP contribution in [0.25, 0.3) is 0 Å². The van der Waals surface area contributed by atoms with Gasteiger partial charge >= 0.3 is 17.4 Å². The van der Waals surface area contributed by atoms with Gasteiger partial charge in [0.05, 0.1) is 16.8 Å². The van der Waals surface area contributed by atoms with E-state index < -0.39 is 98.4 Å². The van der Waals surface area contributed by atoms with E-state index in [4.69, 9.17) is 4.78 Å². The fourth-order valence-electron chi connectivity index (χ4n) is 5.84. The van der Waals surface area contributed by atoms with Crippen LogP contribution in [0.2, 0.25) is 0 Å². The number of aromatic nitrogens is 3. The van der Waals surface area contributed by atoms with Crippen LogP contribution >= 0.6 is 0 Å². The number of hydrogen-bond donors (Lipinski definition) is 3. The van der Waals surface area contributed by atoms with Gasteiger partial charge in [-0.25, -0.2) is 17.8 Å². The number of halogens is 8. The first-order valence-corrected chi connectivity index (χ1v) is 13.6. The predicted octanol–water partition coefficient (Wildman–Crippen LogP) is 4.96. The van der Waals surface area contributed by atoms with Gasteiger partial charge in [0.1, 0.15) is 21.0 Å². The van der Waals surface area contributed by atoms with Crippen molar-refractivity contribution in [2.45, 2.75) is 67.9 Å². The van der Waals surface area contributed by atoms with Crippen LogP contribution in [0.1, 0.15) is 59.8 Å². The van der Waals surface area contributed by atoms with E-state index in [1.54, 1.807) is 0 Å². The molecule has 2 heterocycles. The molecule has 39 heavy (non-hydrogen) atoms. The van der Waals surface area contributed by atoms with Crippen LogP contribution in [-0.2, 0) is 22.5 Å². The lowest BCUT2D eigenvalue weighted by Gasteiger charge is -2.21. The van der Waals surface area contributed by atoms with E-state index >= 15 is 0 Å². The zero-order chi connectivity index (χ0) is 29.0. The number of anilines is 1. The summed E-state index contributed by atoms with van der Waals surface area (Å²) in [5, 5.41) is 15.3. The Kier molecular flexibility index (Phi) is 5.68. The van der Waals surface area contributed by atoms with Gasteiger partial charge in [-0.05, 0) is 19.3 Å². The van der Waals surface area contributed by atoms with E-state index in [9.17, 15) is 49.3 Å². The van der Waals surface area contributed by atoms with Crippen LogP contribution in [0.4, 0.5) is 40.8 Å². The molecule has 8 nitrogen and oxygen atoms in total. The summed E-state index contributed by atoms with van der Waals surface area (Å²) in [6.45, 7) is -0.979. The molecule has 17 heteroatoms. The summed E-state index contributed by atoms with van der Waals surface area (Å²) in [7, 11) is -3.56. The van der Waals surface area contributed by atoms with Crippen molar-refractivity contribution < 1.29 is 54.1 Å². The predicted molar refractivity (Wildman–Crippen MR) is 116 cm³/mol. The van der Waals surface area contributed by atoms with E-state index in [-0.39, 0.29) is 5.69 Å². The minimum Gasteiger partial charge on any atom is -0.320 e. The lowest BCUT2D eigenvalue weighted by molar-refractivity contribution is -0.932. The zero-order valence-electron chi connectivity index (χ0n) is 20.1. The monoisotopic (exact) mass is 588 g/mol. The van der Waals surface area contributed by atoms with Crippen molar-refractivity contribution >= 4 is 21.3 Å². The minimum atomic E-state index is -5.15. The number of nitrogens with one attached hydrogen (secondary N) is 2. The van der Waals surface area contributed by atoms with Gasteiger partial charge < -0.3 is 5.32 Å². The molecule has 0 aliphatic heterocycles. The average molecular weight is 589 g/mol. The Hall–Kier alpha value is -2.98. The Morgan fingerprint density at radius 3 is 2.41 bits per heavy atom. The molecule has 3 aliphatic rings. The summed E-state index contributed by atoms with van der Waals surface area (Å²) in [6.07, 6.45) is -11.2. The third kappa shape index (κ3) is 4.51. The molecule has 0 radical (unpaired) electrons. The number of carbonyl (C=O) groups excluding carboxylic acids is 1. The number of rotatable bonds is 6. The molecule has 0 aromatic carbocycles. The Morgan fingerprint density at radius 1 is 1.23 bits per heavy atom. The highest BCUT2D eigenvalue weighted by molar-refractivity contribution is 7.91. The largest absolute Gasteiger partial charge is 0.420 e. The molecule has 0 bridgehead atoms.